The van der Waals surface area contributed by atoms with Gasteiger partial charge in [-0.1, -0.05) is 24.3 Å². The number of anilines is 1. The van der Waals surface area contributed by atoms with Crippen molar-refractivity contribution in [2.24, 2.45) is 0 Å². The second-order valence-corrected chi connectivity index (χ2v) is 7.37. The summed E-state index contributed by atoms with van der Waals surface area (Å²) in [4.78, 5) is 14.5. The maximum Gasteiger partial charge on any atom is 0.258 e. The first-order chi connectivity index (χ1) is 12.9. The van der Waals surface area contributed by atoms with Gasteiger partial charge in [-0.25, -0.2) is 0 Å². The quantitative estimate of drug-likeness (QED) is 0.577. The number of rotatable bonds is 2. The fraction of sp³-hybridized carbons (Fsp3) is 0.208. The zero-order valence-corrected chi connectivity index (χ0v) is 16.5. The molecule has 0 spiro atoms. The van der Waals surface area contributed by atoms with E-state index >= 15 is 0 Å². The SMILES string of the molecule is Cc1ccc(-n2c(C)cc(/C=C3/C(=O)N(C)c4ccccc43)c2C)cc1C. The highest BCUT2D eigenvalue weighted by Crippen LogP contribution is 2.37. The van der Waals surface area contributed by atoms with Crippen molar-refractivity contribution >= 4 is 23.2 Å². The Labute approximate surface area is 160 Å². The average Bonchev–Trinajstić information content (AvgIpc) is 3.06. The van der Waals surface area contributed by atoms with Gasteiger partial charge in [-0.15, -0.1) is 0 Å². The molecule has 0 saturated carbocycles. The number of carbonyl (C=O) groups excluding carboxylic acids is 1. The monoisotopic (exact) mass is 356 g/mol. The minimum Gasteiger partial charge on any atom is -0.318 e. The lowest BCUT2D eigenvalue weighted by Gasteiger charge is -2.12. The first kappa shape index (κ1) is 17.3. The standard InChI is InChI=1S/C24H24N2O/c1-15-10-11-20(12-16(15)2)26-17(3)13-19(18(26)4)14-22-21-8-6-7-9-23(21)25(5)24(22)27/h6-14H,1-5H3/b22-14+. The normalized spacial score (nSPS) is 14.9. The van der Waals surface area contributed by atoms with Crippen LogP contribution in [0, 0.1) is 27.7 Å². The van der Waals surface area contributed by atoms with Gasteiger partial charge in [-0.2, -0.15) is 0 Å². The van der Waals surface area contributed by atoms with Gasteiger partial charge in [0.05, 0.1) is 5.69 Å². The van der Waals surface area contributed by atoms with Gasteiger partial charge in [-0.05, 0) is 74.7 Å². The molecule has 2 aromatic carbocycles. The van der Waals surface area contributed by atoms with E-state index in [2.05, 4.69) is 56.5 Å². The van der Waals surface area contributed by atoms with Crippen molar-refractivity contribution in [3.05, 3.63) is 82.2 Å². The number of likely N-dealkylation sites (N-methyl/N-ethyl adjacent to an activating group) is 1. The van der Waals surface area contributed by atoms with Crippen LogP contribution in [0.4, 0.5) is 5.69 Å². The number of nitrogens with zero attached hydrogens (tertiary/aromatic N) is 2. The number of para-hydroxylation sites is 1. The van der Waals surface area contributed by atoms with E-state index in [-0.39, 0.29) is 5.91 Å². The molecule has 27 heavy (non-hydrogen) atoms. The third-order valence-corrected chi connectivity index (χ3v) is 5.61. The van der Waals surface area contributed by atoms with E-state index in [1.54, 1.807) is 4.90 Å². The number of benzene rings is 2. The highest BCUT2D eigenvalue weighted by molar-refractivity contribution is 6.35. The molecule has 1 aliphatic rings. The molecule has 0 saturated heterocycles. The van der Waals surface area contributed by atoms with Gasteiger partial charge in [0, 0.05) is 35.3 Å². The summed E-state index contributed by atoms with van der Waals surface area (Å²) in [5.74, 6) is 0.0483. The van der Waals surface area contributed by atoms with E-state index in [1.165, 1.54) is 11.1 Å². The van der Waals surface area contributed by atoms with Gasteiger partial charge in [0.1, 0.15) is 0 Å². The topological polar surface area (TPSA) is 25.2 Å². The van der Waals surface area contributed by atoms with Crippen LogP contribution in [-0.4, -0.2) is 17.5 Å². The van der Waals surface area contributed by atoms with E-state index in [0.717, 1.165) is 39.5 Å². The van der Waals surface area contributed by atoms with Crippen LogP contribution in [0.15, 0.2) is 48.5 Å². The first-order valence-corrected chi connectivity index (χ1v) is 9.24. The van der Waals surface area contributed by atoms with Crippen molar-refractivity contribution in [3.8, 4) is 5.69 Å². The van der Waals surface area contributed by atoms with Crippen LogP contribution in [0.2, 0.25) is 0 Å². The number of amides is 1. The predicted octanol–water partition coefficient (Wildman–Crippen LogP) is 5.23. The summed E-state index contributed by atoms with van der Waals surface area (Å²) in [5.41, 5.74) is 9.84. The van der Waals surface area contributed by atoms with Gasteiger partial charge in [0.15, 0.2) is 0 Å². The molecular formula is C24H24N2O. The minimum atomic E-state index is 0.0483. The molecule has 0 bridgehead atoms. The Morgan fingerprint density at radius 3 is 2.37 bits per heavy atom. The van der Waals surface area contributed by atoms with Crippen LogP contribution in [0.25, 0.3) is 17.3 Å². The molecule has 3 nitrogen and oxygen atoms in total. The van der Waals surface area contributed by atoms with E-state index in [0.29, 0.717) is 0 Å². The minimum absolute atomic E-state index is 0.0483. The van der Waals surface area contributed by atoms with Crippen molar-refractivity contribution < 1.29 is 4.79 Å². The Balaban J connectivity index is 1.84. The summed E-state index contributed by atoms with van der Waals surface area (Å²) in [5, 5.41) is 0. The second-order valence-electron chi connectivity index (χ2n) is 7.37. The molecule has 1 aromatic heterocycles. The van der Waals surface area contributed by atoms with Crippen LogP contribution < -0.4 is 4.90 Å². The lowest BCUT2D eigenvalue weighted by atomic mass is 10.0. The molecule has 0 aliphatic carbocycles. The largest absolute Gasteiger partial charge is 0.318 e. The fourth-order valence-electron chi connectivity index (χ4n) is 3.89. The Morgan fingerprint density at radius 2 is 1.63 bits per heavy atom. The van der Waals surface area contributed by atoms with E-state index in [4.69, 9.17) is 0 Å². The van der Waals surface area contributed by atoms with Gasteiger partial charge in [0.2, 0.25) is 0 Å². The average molecular weight is 356 g/mol. The Bertz CT molecular complexity index is 1100. The third kappa shape index (κ3) is 2.71. The van der Waals surface area contributed by atoms with Gasteiger partial charge < -0.3 is 9.47 Å². The molecule has 0 fully saturated rings. The highest BCUT2D eigenvalue weighted by Gasteiger charge is 2.29. The van der Waals surface area contributed by atoms with Crippen LogP contribution in [-0.2, 0) is 4.79 Å². The van der Waals surface area contributed by atoms with Crippen molar-refractivity contribution in [3.63, 3.8) is 0 Å². The fourth-order valence-corrected chi connectivity index (χ4v) is 3.89. The zero-order valence-electron chi connectivity index (χ0n) is 16.5. The van der Waals surface area contributed by atoms with Crippen LogP contribution >= 0.6 is 0 Å². The number of fused-ring (bicyclic) bond motifs is 1. The molecule has 4 rings (SSSR count). The maximum absolute atomic E-state index is 12.8. The maximum atomic E-state index is 12.8. The van der Waals surface area contributed by atoms with Crippen LogP contribution in [0.1, 0.15) is 33.6 Å². The summed E-state index contributed by atoms with van der Waals surface area (Å²) >= 11 is 0. The molecule has 136 valence electrons. The molecule has 3 aromatic rings. The van der Waals surface area contributed by atoms with Crippen LogP contribution in [0.5, 0.6) is 0 Å². The summed E-state index contributed by atoms with van der Waals surface area (Å²) in [6.45, 7) is 8.49. The number of hydrogen-bond donors (Lipinski definition) is 0. The summed E-state index contributed by atoms with van der Waals surface area (Å²) in [6.07, 6.45) is 2.03. The molecule has 1 amide bonds. The predicted molar refractivity (Wildman–Crippen MR) is 112 cm³/mol. The van der Waals surface area contributed by atoms with Crippen molar-refractivity contribution in [2.45, 2.75) is 27.7 Å². The smallest absolute Gasteiger partial charge is 0.258 e. The van der Waals surface area contributed by atoms with Gasteiger partial charge in [-0.3, -0.25) is 4.79 Å². The summed E-state index contributed by atoms with van der Waals surface area (Å²) in [6, 6.07) is 16.7. The number of carbonyl (C=O) groups is 1. The number of aryl methyl sites for hydroxylation is 3. The Hall–Kier alpha value is -3.07. The van der Waals surface area contributed by atoms with Crippen molar-refractivity contribution in [1.29, 1.82) is 0 Å². The Morgan fingerprint density at radius 1 is 0.889 bits per heavy atom. The molecule has 3 heteroatoms. The lowest BCUT2D eigenvalue weighted by Crippen LogP contribution is -2.20. The highest BCUT2D eigenvalue weighted by atomic mass is 16.2. The molecule has 0 atom stereocenters. The van der Waals surface area contributed by atoms with Gasteiger partial charge in [0.25, 0.3) is 5.91 Å². The van der Waals surface area contributed by atoms with Crippen molar-refractivity contribution in [1.82, 2.24) is 4.57 Å². The van der Waals surface area contributed by atoms with Crippen LogP contribution in [0.3, 0.4) is 0 Å². The lowest BCUT2D eigenvalue weighted by molar-refractivity contribution is -0.112. The molecule has 0 N–H and O–H groups in total. The molecule has 0 unspecified atom stereocenters. The zero-order chi connectivity index (χ0) is 19.3. The van der Waals surface area contributed by atoms with E-state index < -0.39 is 0 Å². The number of aromatic nitrogens is 1. The van der Waals surface area contributed by atoms with E-state index in [1.807, 2.05) is 37.4 Å². The summed E-state index contributed by atoms with van der Waals surface area (Å²) in [7, 11) is 1.83. The van der Waals surface area contributed by atoms with Crippen molar-refractivity contribution in [2.75, 3.05) is 11.9 Å². The summed E-state index contributed by atoms with van der Waals surface area (Å²) < 4.78 is 2.26. The molecule has 2 heterocycles. The Kier molecular flexibility index (Phi) is 4.03. The molecule has 0 radical (unpaired) electrons. The second kappa shape index (κ2) is 6.27. The third-order valence-electron chi connectivity index (χ3n) is 5.61. The molecular weight excluding hydrogens is 332 g/mol. The van der Waals surface area contributed by atoms with Gasteiger partial charge >= 0.3 is 0 Å². The van der Waals surface area contributed by atoms with E-state index in [9.17, 15) is 4.79 Å². The molecule has 1 aliphatic heterocycles. The number of hydrogen-bond acceptors (Lipinski definition) is 1. The first-order valence-electron chi connectivity index (χ1n) is 9.24.